The fraction of sp³-hybridized carbons (Fsp3) is 0.500. The molecule has 0 unspecified atom stereocenters. The Hall–Kier alpha value is -0.780. The summed E-state index contributed by atoms with van der Waals surface area (Å²) in [7, 11) is 0. The van der Waals surface area contributed by atoms with Crippen molar-refractivity contribution >= 4 is 0 Å². The average Bonchev–Trinajstić information content (AvgIpc) is 2.05. The minimum absolute atomic E-state index is 1.09. The second-order valence-electron chi connectivity index (χ2n) is 3.20. The highest BCUT2D eigenvalue weighted by Crippen LogP contribution is 2.05. The first kappa shape index (κ1) is 9.31. The first-order valence-corrected chi connectivity index (χ1v) is 4.97. The molecule has 0 saturated heterocycles. The van der Waals surface area contributed by atoms with Crippen molar-refractivity contribution in [1.29, 1.82) is 0 Å². The number of hydrogen-bond donors (Lipinski definition) is 0. The van der Waals surface area contributed by atoms with Crippen molar-refractivity contribution in [3.63, 3.8) is 0 Å². The van der Waals surface area contributed by atoms with Gasteiger partial charge in [-0.1, -0.05) is 42.9 Å². The van der Waals surface area contributed by atoms with Gasteiger partial charge in [-0.3, -0.25) is 0 Å². The SMILES string of the molecule is C1=CC/C=C/CCCCCC=C1. The highest BCUT2D eigenvalue weighted by atomic mass is 13.9. The smallest absolute Gasteiger partial charge is 0.0166 e. The molecule has 0 atom stereocenters. The van der Waals surface area contributed by atoms with Crippen LogP contribution in [0, 0.1) is 0 Å². The van der Waals surface area contributed by atoms with Gasteiger partial charge in [-0.25, -0.2) is 0 Å². The third-order valence-electron chi connectivity index (χ3n) is 2.06. The predicted octanol–water partition coefficient (Wildman–Crippen LogP) is 4.01. The van der Waals surface area contributed by atoms with Gasteiger partial charge in [0, 0.05) is 0 Å². The van der Waals surface area contributed by atoms with E-state index in [0.29, 0.717) is 0 Å². The van der Waals surface area contributed by atoms with Crippen molar-refractivity contribution in [2.75, 3.05) is 0 Å². The van der Waals surface area contributed by atoms with Crippen LogP contribution < -0.4 is 0 Å². The summed E-state index contributed by atoms with van der Waals surface area (Å²) < 4.78 is 0. The molecule has 1 rings (SSSR count). The topological polar surface area (TPSA) is 0 Å². The van der Waals surface area contributed by atoms with Gasteiger partial charge in [-0.15, -0.1) is 0 Å². The molecular weight excluding hydrogens is 144 g/mol. The van der Waals surface area contributed by atoms with Crippen molar-refractivity contribution in [2.45, 2.75) is 38.5 Å². The maximum Gasteiger partial charge on any atom is -0.0166 e. The largest absolute Gasteiger partial charge is 0.0882 e. The van der Waals surface area contributed by atoms with E-state index in [1.54, 1.807) is 0 Å². The summed E-state index contributed by atoms with van der Waals surface area (Å²) in [6, 6.07) is 0. The van der Waals surface area contributed by atoms with Gasteiger partial charge in [-0.2, -0.15) is 0 Å². The van der Waals surface area contributed by atoms with Crippen LogP contribution in [0.5, 0.6) is 0 Å². The van der Waals surface area contributed by atoms with E-state index in [4.69, 9.17) is 0 Å². The summed E-state index contributed by atoms with van der Waals surface area (Å²) in [5.41, 5.74) is 0. The van der Waals surface area contributed by atoms with Gasteiger partial charge < -0.3 is 0 Å². The number of hydrogen-bond acceptors (Lipinski definition) is 0. The summed E-state index contributed by atoms with van der Waals surface area (Å²) in [5, 5.41) is 0. The zero-order valence-electron chi connectivity index (χ0n) is 7.71. The molecule has 0 fully saturated rings. The van der Waals surface area contributed by atoms with Crippen LogP contribution in [0.1, 0.15) is 38.5 Å². The molecule has 0 heteroatoms. The van der Waals surface area contributed by atoms with Crippen molar-refractivity contribution in [1.82, 2.24) is 0 Å². The van der Waals surface area contributed by atoms with Gasteiger partial charge in [0.1, 0.15) is 0 Å². The molecule has 0 saturated carbocycles. The molecule has 1 aliphatic carbocycles. The maximum absolute atomic E-state index is 2.30. The molecule has 0 aromatic rings. The molecule has 0 aliphatic heterocycles. The molecule has 0 spiro atoms. The summed E-state index contributed by atoms with van der Waals surface area (Å²) in [4.78, 5) is 0. The highest BCUT2D eigenvalue weighted by Gasteiger charge is 1.85. The van der Waals surface area contributed by atoms with Crippen molar-refractivity contribution < 1.29 is 0 Å². The van der Waals surface area contributed by atoms with Crippen LogP contribution in [0.2, 0.25) is 0 Å². The van der Waals surface area contributed by atoms with Gasteiger partial charge in [0.2, 0.25) is 0 Å². The third kappa shape index (κ3) is 4.95. The van der Waals surface area contributed by atoms with Crippen molar-refractivity contribution in [2.24, 2.45) is 0 Å². The third-order valence-corrected chi connectivity index (χ3v) is 2.06. The lowest BCUT2D eigenvalue weighted by atomic mass is 10.1. The molecule has 1 aliphatic rings. The Kier molecular flexibility index (Phi) is 5.35. The Balaban J connectivity index is 2.31. The molecule has 0 nitrogen and oxygen atoms in total. The second kappa shape index (κ2) is 6.90. The minimum atomic E-state index is 1.09. The van der Waals surface area contributed by atoms with E-state index < -0.39 is 0 Å². The summed E-state index contributed by atoms with van der Waals surface area (Å²) in [5.74, 6) is 0. The van der Waals surface area contributed by atoms with Gasteiger partial charge in [0.25, 0.3) is 0 Å². The molecule has 0 bridgehead atoms. The number of rotatable bonds is 0. The second-order valence-corrected chi connectivity index (χ2v) is 3.20. The highest BCUT2D eigenvalue weighted by molar-refractivity contribution is 5.05. The van der Waals surface area contributed by atoms with Crippen LogP contribution in [0.3, 0.4) is 0 Å². The Bertz CT molecular complexity index is 172. The molecular formula is C12H18. The zero-order valence-corrected chi connectivity index (χ0v) is 7.71. The van der Waals surface area contributed by atoms with Crippen LogP contribution >= 0.6 is 0 Å². The molecule has 66 valence electrons. The lowest BCUT2D eigenvalue weighted by molar-refractivity contribution is 0.695. The van der Waals surface area contributed by atoms with E-state index in [0.717, 1.165) is 6.42 Å². The predicted molar refractivity (Wildman–Crippen MR) is 55.1 cm³/mol. The zero-order chi connectivity index (χ0) is 8.49. The first-order valence-electron chi connectivity index (χ1n) is 4.97. The molecule has 0 aromatic carbocycles. The van der Waals surface area contributed by atoms with Crippen LogP contribution in [-0.4, -0.2) is 0 Å². The van der Waals surface area contributed by atoms with Crippen LogP contribution in [0.15, 0.2) is 36.5 Å². The first-order chi connectivity index (χ1) is 6.00. The van der Waals surface area contributed by atoms with E-state index in [2.05, 4.69) is 36.5 Å². The van der Waals surface area contributed by atoms with Crippen LogP contribution in [0.4, 0.5) is 0 Å². The molecule has 0 heterocycles. The Morgan fingerprint density at radius 2 is 1.33 bits per heavy atom. The molecule has 0 N–H and O–H groups in total. The fourth-order valence-corrected chi connectivity index (χ4v) is 1.33. The summed E-state index contributed by atoms with van der Waals surface area (Å²) in [6.45, 7) is 0. The normalized spacial score (nSPS) is 22.7. The van der Waals surface area contributed by atoms with E-state index >= 15 is 0 Å². The fourth-order valence-electron chi connectivity index (χ4n) is 1.33. The summed E-state index contributed by atoms with van der Waals surface area (Å²) in [6.07, 6.45) is 21.0. The van der Waals surface area contributed by atoms with Gasteiger partial charge in [-0.05, 0) is 32.1 Å². The minimum Gasteiger partial charge on any atom is -0.0882 e. The monoisotopic (exact) mass is 162 g/mol. The molecule has 0 radical (unpaired) electrons. The van der Waals surface area contributed by atoms with Crippen molar-refractivity contribution in [3.05, 3.63) is 36.5 Å². The van der Waals surface area contributed by atoms with Gasteiger partial charge >= 0.3 is 0 Å². The quantitative estimate of drug-likeness (QED) is 0.472. The standard InChI is InChI=1S/C12H18/c1-2-4-6-8-10-12-11-9-7-5-3-1/h1-4,7,9H,5-6,8,10-12H2/b3-1?,4-2?,9-7+. The van der Waals surface area contributed by atoms with Crippen molar-refractivity contribution in [3.8, 4) is 0 Å². The molecule has 12 heavy (non-hydrogen) atoms. The Morgan fingerprint density at radius 3 is 2.25 bits per heavy atom. The van der Waals surface area contributed by atoms with Crippen LogP contribution in [-0.2, 0) is 0 Å². The number of allylic oxidation sites excluding steroid dienone is 6. The van der Waals surface area contributed by atoms with E-state index in [9.17, 15) is 0 Å². The molecule has 0 aromatic heterocycles. The van der Waals surface area contributed by atoms with Gasteiger partial charge in [0.05, 0.1) is 0 Å². The Morgan fingerprint density at radius 1 is 0.583 bits per heavy atom. The molecule has 0 amide bonds. The summed E-state index contributed by atoms with van der Waals surface area (Å²) >= 11 is 0. The van der Waals surface area contributed by atoms with E-state index in [-0.39, 0.29) is 0 Å². The Labute approximate surface area is 75.7 Å². The van der Waals surface area contributed by atoms with Gasteiger partial charge in [0.15, 0.2) is 0 Å². The maximum atomic E-state index is 2.30. The van der Waals surface area contributed by atoms with E-state index in [1.807, 2.05) is 0 Å². The van der Waals surface area contributed by atoms with E-state index in [1.165, 1.54) is 32.1 Å². The average molecular weight is 162 g/mol. The lowest BCUT2D eigenvalue weighted by Crippen LogP contribution is -1.75. The lowest BCUT2D eigenvalue weighted by Gasteiger charge is -1.95. The van der Waals surface area contributed by atoms with Crippen LogP contribution in [0.25, 0.3) is 0 Å².